The lowest BCUT2D eigenvalue weighted by atomic mass is 9.87. The normalized spacial score (nSPS) is 15.1. The maximum Gasteiger partial charge on any atom is 0.333 e. The Bertz CT molecular complexity index is 1590. The van der Waals surface area contributed by atoms with E-state index in [2.05, 4.69) is 10.6 Å². The second-order valence-corrected chi connectivity index (χ2v) is 11.4. The summed E-state index contributed by atoms with van der Waals surface area (Å²) < 4.78 is 46.2. The summed E-state index contributed by atoms with van der Waals surface area (Å²) in [5.41, 5.74) is -0.0131. The number of urea groups is 1. The number of carbonyl (C=O) groups is 4. The number of benzene rings is 2. The highest BCUT2D eigenvalue weighted by Gasteiger charge is 2.45. The highest BCUT2D eigenvalue weighted by Crippen LogP contribution is 2.36. The minimum Gasteiger partial charge on any atom is -0.468 e. The fourth-order valence-electron chi connectivity index (χ4n) is 3.75. The smallest absolute Gasteiger partial charge is 0.333 e. The van der Waals surface area contributed by atoms with E-state index in [0.29, 0.717) is 10.6 Å². The number of thiophene rings is 1. The third-order valence-corrected chi connectivity index (χ3v) is 8.53. The largest absolute Gasteiger partial charge is 0.468 e. The van der Waals surface area contributed by atoms with Gasteiger partial charge in [0.15, 0.2) is 5.92 Å². The molecule has 38 heavy (non-hydrogen) atoms. The molecule has 3 aromatic rings. The van der Waals surface area contributed by atoms with Crippen LogP contribution in [0.3, 0.4) is 0 Å². The topological polar surface area (TPSA) is 151 Å². The molecule has 2 aromatic carbocycles. The Kier molecular flexibility index (Phi) is 7.40. The molecule has 1 aliphatic rings. The van der Waals surface area contributed by atoms with Gasteiger partial charge in [0.2, 0.25) is 0 Å². The van der Waals surface area contributed by atoms with Gasteiger partial charge in [-0.3, -0.25) is 14.4 Å². The predicted octanol–water partition coefficient (Wildman–Crippen LogP) is 3.54. The van der Waals surface area contributed by atoms with E-state index in [0.717, 1.165) is 36.6 Å². The van der Waals surface area contributed by atoms with Crippen LogP contribution in [-0.4, -0.2) is 46.4 Å². The van der Waals surface area contributed by atoms with E-state index in [1.807, 2.05) is 0 Å². The molecule has 4 amide bonds. The van der Waals surface area contributed by atoms with Crippen molar-refractivity contribution in [2.75, 3.05) is 29.7 Å². The van der Waals surface area contributed by atoms with Gasteiger partial charge in [-0.15, -0.1) is 11.3 Å². The van der Waals surface area contributed by atoms with Gasteiger partial charge in [0.25, 0.3) is 21.8 Å². The Morgan fingerprint density at radius 1 is 1.08 bits per heavy atom. The van der Waals surface area contributed by atoms with Gasteiger partial charge in [-0.25, -0.2) is 27.2 Å². The van der Waals surface area contributed by atoms with Crippen LogP contribution in [0.5, 0.6) is 0 Å². The lowest BCUT2D eigenvalue weighted by Gasteiger charge is -2.31. The van der Waals surface area contributed by atoms with Crippen LogP contribution in [0, 0.1) is 5.82 Å². The van der Waals surface area contributed by atoms with Crippen molar-refractivity contribution >= 4 is 73.8 Å². The number of sulfonamides is 1. The molecule has 0 spiro atoms. The van der Waals surface area contributed by atoms with E-state index in [1.165, 1.54) is 24.3 Å². The van der Waals surface area contributed by atoms with Crippen LogP contribution in [0.1, 0.15) is 21.8 Å². The molecule has 1 aromatic heterocycles. The van der Waals surface area contributed by atoms with Crippen LogP contribution >= 0.6 is 22.9 Å². The number of carbonyl (C=O) groups excluding carboxylic acids is 4. The first-order valence-electron chi connectivity index (χ1n) is 10.6. The van der Waals surface area contributed by atoms with Crippen molar-refractivity contribution in [2.24, 2.45) is 0 Å². The molecule has 0 fully saturated rings. The van der Waals surface area contributed by atoms with Crippen LogP contribution in [0.15, 0.2) is 52.7 Å². The van der Waals surface area contributed by atoms with Crippen molar-refractivity contribution < 1.29 is 36.7 Å². The van der Waals surface area contributed by atoms with E-state index < -0.39 is 51.3 Å². The van der Waals surface area contributed by atoms with Crippen molar-refractivity contribution in [3.63, 3.8) is 0 Å². The number of fused-ring (bicyclic) bond motifs is 1. The Balaban J connectivity index is 1.61. The standard InChI is InChI=1S/C23H18ClFN4O7S2/c1-26-11-3-5-13-14(9-11)19(22(32)36-2)21(31)29(20(13)30)16-6-4-12(10-15(16)25)27-23(33)28-38(34,35)18-8-7-17(24)37-18/h3-10,19,26H,1-2H3,(H2,27,28,33). The summed E-state index contributed by atoms with van der Waals surface area (Å²) in [6.45, 7) is 0. The Morgan fingerprint density at radius 2 is 1.79 bits per heavy atom. The van der Waals surface area contributed by atoms with Crippen LogP contribution in [-0.2, 0) is 24.3 Å². The number of imide groups is 1. The van der Waals surface area contributed by atoms with E-state index in [4.69, 9.17) is 16.3 Å². The number of methoxy groups -OCH3 is 1. The van der Waals surface area contributed by atoms with Gasteiger partial charge in [-0.05, 0) is 54.1 Å². The Hall–Kier alpha value is -4.01. The minimum atomic E-state index is -4.23. The van der Waals surface area contributed by atoms with Gasteiger partial charge in [0, 0.05) is 24.0 Å². The van der Waals surface area contributed by atoms with Gasteiger partial charge in [-0.1, -0.05) is 11.6 Å². The minimum absolute atomic E-state index is 0.00105. The van der Waals surface area contributed by atoms with Crippen molar-refractivity contribution in [1.29, 1.82) is 0 Å². The summed E-state index contributed by atoms with van der Waals surface area (Å²) in [5, 5.41) is 5.02. The fourth-order valence-corrected chi connectivity index (χ4v) is 6.14. The van der Waals surface area contributed by atoms with Crippen molar-refractivity contribution in [3.8, 4) is 0 Å². The zero-order chi connectivity index (χ0) is 27.8. The lowest BCUT2D eigenvalue weighted by molar-refractivity contribution is -0.145. The summed E-state index contributed by atoms with van der Waals surface area (Å²) in [6.07, 6.45) is 0. The second kappa shape index (κ2) is 10.4. The number of nitrogens with one attached hydrogen (secondary N) is 3. The Morgan fingerprint density at radius 3 is 2.39 bits per heavy atom. The molecule has 1 unspecified atom stereocenters. The number of nitrogens with zero attached hydrogens (tertiary/aromatic N) is 1. The fraction of sp³-hybridized carbons (Fsp3) is 0.130. The summed E-state index contributed by atoms with van der Waals surface area (Å²) >= 11 is 6.46. The average molecular weight is 581 g/mol. The first-order valence-corrected chi connectivity index (χ1v) is 13.3. The molecule has 198 valence electrons. The zero-order valence-corrected chi connectivity index (χ0v) is 22.0. The molecule has 0 saturated carbocycles. The number of ether oxygens (including phenoxy) is 1. The second-order valence-electron chi connectivity index (χ2n) is 7.77. The van der Waals surface area contributed by atoms with E-state index >= 15 is 4.39 Å². The van der Waals surface area contributed by atoms with Crippen LogP contribution < -0.4 is 20.3 Å². The van der Waals surface area contributed by atoms with E-state index in [-0.39, 0.29) is 25.4 Å². The maximum absolute atomic E-state index is 15.2. The van der Waals surface area contributed by atoms with Crippen molar-refractivity contribution in [1.82, 2.24) is 4.72 Å². The summed E-state index contributed by atoms with van der Waals surface area (Å²) in [4.78, 5) is 51.7. The molecule has 0 bridgehead atoms. The van der Waals surface area contributed by atoms with Gasteiger partial charge >= 0.3 is 12.0 Å². The molecule has 0 radical (unpaired) electrons. The number of esters is 1. The van der Waals surface area contributed by atoms with Crippen molar-refractivity contribution in [3.05, 3.63) is 69.8 Å². The average Bonchev–Trinajstić information content (AvgIpc) is 3.31. The number of hydrogen-bond donors (Lipinski definition) is 3. The number of hydrogen-bond acceptors (Lipinski definition) is 9. The third kappa shape index (κ3) is 5.05. The molecule has 1 aliphatic heterocycles. The molecule has 3 N–H and O–H groups in total. The number of rotatable bonds is 6. The highest BCUT2D eigenvalue weighted by molar-refractivity contribution is 7.92. The van der Waals surface area contributed by atoms with Crippen molar-refractivity contribution in [2.45, 2.75) is 10.1 Å². The number of anilines is 3. The zero-order valence-electron chi connectivity index (χ0n) is 19.6. The van der Waals surface area contributed by atoms with Gasteiger partial charge in [0.05, 0.1) is 17.1 Å². The first-order chi connectivity index (χ1) is 18.0. The molecule has 0 saturated heterocycles. The molecule has 4 rings (SSSR count). The number of amides is 4. The molecule has 1 atom stereocenters. The van der Waals surface area contributed by atoms with E-state index in [9.17, 15) is 27.6 Å². The molecule has 2 heterocycles. The van der Waals surface area contributed by atoms with Gasteiger partial charge in [-0.2, -0.15) is 0 Å². The van der Waals surface area contributed by atoms with Gasteiger partial charge in [0.1, 0.15) is 10.0 Å². The Labute approximate surface area is 224 Å². The van der Waals surface area contributed by atoms with Crippen LogP contribution in [0.25, 0.3) is 0 Å². The monoisotopic (exact) mass is 580 g/mol. The molecular formula is C23H18ClFN4O7S2. The first kappa shape index (κ1) is 27.0. The summed E-state index contributed by atoms with van der Waals surface area (Å²) in [7, 11) is -1.53. The number of halogens is 2. The van der Waals surface area contributed by atoms with Gasteiger partial charge < -0.3 is 15.4 Å². The quantitative estimate of drug-likeness (QED) is 0.227. The third-order valence-electron chi connectivity index (χ3n) is 5.48. The highest BCUT2D eigenvalue weighted by atomic mass is 35.5. The predicted molar refractivity (Wildman–Crippen MR) is 138 cm³/mol. The maximum atomic E-state index is 15.2. The SMILES string of the molecule is CNc1ccc2c(c1)C(C(=O)OC)C(=O)N(c1ccc(NC(=O)NS(=O)(=O)c3ccc(Cl)s3)cc1F)C2=O. The lowest BCUT2D eigenvalue weighted by Crippen LogP contribution is -2.48. The summed E-state index contributed by atoms with van der Waals surface area (Å²) in [5.74, 6) is -5.46. The molecular weight excluding hydrogens is 563 g/mol. The molecule has 0 aliphatic carbocycles. The molecule has 11 nitrogen and oxygen atoms in total. The van der Waals surface area contributed by atoms with Crippen LogP contribution in [0.4, 0.5) is 26.2 Å². The van der Waals surface area contributed by atoms with Crippen LogP contribution in [0.2, 0.25) is 4.34 Å². The molecule has 15 heteroatoms. The summed E-state index contributed by atoms with van der Waals surface area (Å²) in [6, 6.07) is 8.77. The van der Waals surface area contributed by atoms with E-state index in [1.54, 1.807) is 17.8 Å².